The van der Waals surface area contributed by atoms with Crippen LogP contribution >= 0.6 is 28.6 Å². The van der Waals surface area contributed by atoms with Crippen LogP contribution in [0.1, 0.15) is 0 Å². The molecule has 0 bridgehead atoms. The summed E-state index contributed by atoms with van der Waals surface area (Å²) < 4.78 is 0.898. The number of nitrogens with two attached hydrogens (primary N) is 1. The summed E-state index contributed by atoms with van der Waals surface area (Å²) in [5.74, 6) is 0. The van der Waals surface area contributed by atoms with E-state index >= 15 is 0 Å². The first-order chi connectivity index (χ1) is 4.20. The molecular weight excluding hydrogens is 198 g/mol. The van der Waals surface area contributed by atoms with Crippen LogP contribution in [-0.4, -0.2) is 0 Å². The average molecular weight is 204 g/mol. The third-order valence-corrected chi connectivity index (χ3v) is 1.95. The molecule has 1 aromatic rings. The summed E-state index contributed by atoms with van der Waals surface area (Å²) in [6, 6.07) is 5.52. The monoisotopic (exact) mass is 203 g/mol. The summed E-state index contributed by atoms with van der Waals surface area (Å²) in [6.45, 7) is 0. The van der Waals surface area contributed by atoms with Crippen molar-refractivity contribution in [2.75, 3.05) is 5.73 Å². The minimum atomic E-state index is 0.743. The fourth-order valence-electron chi connectivity index (χ4n) is 0.516. The summed E-state index contributed by atoms with van der Waals surface area (Å²) in [6.07, 6.45) is 0. The van der Waals surface area contributed by atoms with Crippen molar-refractivity contribution < 1.29 is 0 Å². The Morgan fingerprint density at radius 3 is 2.56 bits per heavy atom. The lowest BCUT2D eigenvalue weighted by Crippen LogP contribution is -1.84. The van der Waals surface area contributed by atoms with Crippen LogP contribution in [0.5, 0.6) is 0 Å². The molecule has 0 saturated carbocycles. The van der Waals surface area contributed by atoms with Crippen molar-refractivity contribution >= 4 is 34.2 Å². The van der Waals surface area contributed by atoms with Crippen LogP contribution in [0.25, 0.3) is 0 Å². The Balaban J connectivity index is 3.17. The Kier molecular flexibility index (Phi) is 2.03. The smallest absolute Gasteiger partial charge is 0.0459 e. The van der Waals surface area contributed by atoms with Crippen LogP contribution in [0.15, 0.2) is 27.6 Å². The number of hydrogen-bond acceptors (Lipinski definition) is 2. The lowest BCUT2D eigenvalue weighted by molar-refractivity contribution is 1.45. The summed E-state index contributed by atoms with van der Waals surface area (Å²) in [5.41, 5.74) is 6.25. The molecule has 0 aliphatic heterocycles. The van der Waals surface area contributed by atoms with Gasteiger partial charge in [-0.1, -0.05) is 0 Å². The highest BCUT2D eigenvalue weighted by Gasteiger charge is 1.92. The first kappa shape index (κ1) is 6.96. The molecule has 0 saturated heterocycles. The van der Waals surface area contributed by atoms with Gasteiger partial charge in [-0.2, -0.15) is 0 Å². The van der Waals surface area contributed by atoms with Crippen molar-refractivity contribution in [1.82, 2.24) is 0 Å². The number of rotatable bonds is 0. The number of nitrogen functional groups attached to an aromatic ring is 1. The van der Waals surface area contributed by atoms with Crippen LogP contribution in [0.2, 0.25) is 0 Å². The van der Waals surface area contributed by atoms with Gasteiger partial charge in [0, 0.05) is 15.1 Å². The molecule has 1 aromatic carbocycles. The van der Waals surface area contributed by atoms with Gasteiger partial charge in [0.25, 0.3) is 0 Å². The summed E-state index contributed by atoms with van der Waals surface area (Å²) in [5, 5.41) is 0. The number of hydrogen-bond donors (Lipinski definition) is 2. The zero-order chi connectivity index (χ0) is 6.85. The average Bonchev–Trinajstić information content (AvgIpc) is 1.80. The first-order valence-electron chi connectivity index (χ1n) is 2.44. The molecule has 0 amide bonds. The molecule has 1 nitrogen and oxygen atoms in total. The SMILES string of the molecule is Nc1ccc(S)cc1Br. The minimum Gasteiger partial charge on any atom is -0.398 e. The second-order valence-corrected chi connectivity index (χ2v) is 3.08. The Morgan fingerprint density at radius 2 is 2.11 bits per heavy atom. The molecule has 0 aliphatic rings. The van der Waals surface area contributed by atoms with E-state index in [0.717, 1.165) is 15.1 Å². The van der Waals surface area contributed by atoms with Gasteiger partial charge in [0.05, 0.1) is 0 Å². The van der Waals surface area contributed by atoms with Gasteiger partial charge in [0.15, 0.2) is 0 Å². The van der Waals surface area contributed by atoms with E-state index in [-0.39, 0.29) is 0 Å². The lowest BCUT2D eigenvalue weighted by atomic mass is 10.3. The van der Waals surface area contributed by atoms with Gasteiger partial charge in [0.2, 0.25) is 0 Å². The van der Waals surface area contributed by atoms with E-state index in [2.05, 4.69) is 28.6 Å². The second kappa shape index (κ2) is 2.62. The van der Waals surface area contributed by atoms with E-state index < -0.39 is 0 Å². The fraction of sp³-hybridized carbons (Fsp3) is 0. The van der Waals surface area contributed by atoms with Crippen LogP contribution in [0.3, 0.4) is 0 Å². The third kappa shape index (κ3) is 1.63. The third-order valence-electron chi connectivity index (χ3n) is 0.984. The number of halogens is 1. The topological polar surface area (TPSA) is 26.0 Å². The van der Waals surface area contributed by atoms with E-state index in [4.69, 9.17) is 5.73 Å². The second-order valence-electron chi connectivity index (χ2n) is 1.71. The summed E-state index contributed by atoms with van der Waals surface area (Å²) in [4.78, 5) is 0.913. The molecule has 0 radical (unpaired) electrons. The van der Waals surface area contributed by atoms with Gasteiger partial charge < -0.3 is 5.73 Å². The first-order valence-corrected chi connectivity index (χ1v) is 3.68. The predicted octanol–water partition coefficient (Wildman–Crippen LogP) is 2.32. The van der Waals surface area contributed by atoms with Gasteiger partial charge in [0.1, 0.15) is 0 Å². The molecule has 0 unspecified atom stereocenters. The standard InChI is InChI=1S/C6H6BrNS/c7-5-3-4(9)1-2-6(5)8/h1-3,9H,8H2. The van der Waals surface area contributed by atoms with Crippen LogP contribution in [-0.2, 0) is 0 Å². The Morgan fingerprint density at radius 1 is 1.44 bits per heavy atom. The van der Waals surface area contributed by atoms with E-state index in [0.29, 0.717) is 0 Å². The molecule has 0 atom stereocenters. The Hall–Kier alpha value is -0.150. The van der Waals surface area contributed by atoms with Crippen LogP contribution in [0, 0.1) is 0 Å². The fourth-order valence-corrected chi connectivity index (χ4v) is 1.28. The molecule has 1 rings (SSSR count). The molecule has 0 heterocycles. The van der Waals surface area contributed by atoms with Crippen molar-refractivity contribution in [3.63, 3.8) is 0 Å². The van der Waals surface area contributed by atoms with Crippen molar-refractivity contribution in [1.29, 1.82) is 0 Å². The molecule has 48 valence electrons. The van der Waals surface area contributed by atoms with E-state index in [1.54, 1.807) is 0 Å². The van der Waals surface area contributed by atoms with E-state index in [1.165, 1.54) is 0 Å². The molecule has 0 aliphatic carbocycles. The number of anilines is 1. The van der Waals surface area contributed by atoms with Crippen molar-refractivity contribution in [2.24, 2.45) is 0 Å². The number of benzene rings is 1. The molecule has 0 spiro atoms. The van der Waals surface area contributed by atoms with Gasteiger partial charge in [-0.05, 0) is 34.1 Å². The summed E-state index contributed by atoms with van der Waals surface area (Å²) in [7, 11) is 0. The van der Waals surface area contributed by atoms with Gasteiger partial charge in [-0.15, -0.1) is 12.6 Å². The molecule has 2 N–H and O–H groups in total. The van der Waals surface area contributed by atoms with Gasteiger partial charge in [-0.25, -0.2) is 0 Å². The quantitative estimate of drug-likeness (QED) is 0.492. The zero-order valence-electron chi connectivity index (χ0n) is 4.63. The number of thiol groups is 1. The molecule has 0 aromatic heterocycles. The maximum absolute atomic E-state index is 5.51. The molecule has 0 fully saturated rings. The van der Waals surface area contributed by atoms with Crippen molar-refractivity contribution in [2.45, 2.75) is 4.90 Å². The van der Waals surface area contributed by atoms with Crippen LogP contribution < -0.4 is 5.73 Å². The maximum Gasteiger partial charge on any atom is 0.0459 e. The maximum atomic E-state index is 5.51. The van der Waals surface area contributed by atoms with Gasteiger partial charge in [-0.3, -0.25) is 0 Å². The van der Waals surface area contributed by atoms with Gasteiger partial charge >= 0.3 is 0 Å². The summed E-state index contributed by atoms with van der Waals surface area (Å²) >= 11 is 7.39. The Labute approximate surface area is 67.8 Å². The predicted molar refractivity (Wildman–Crippen MR) is 45.8 cm³/mol. The highest BCUT2D eigenvalue weighted by molar-refractivity contribution is 9.10. The molecule has 9 heavy (non-hydrogen) atoms. The van der Waals surface area contributed by atoms with E-state index in [9.17, 15) is 0 Å². The minimum absolute atomic E-state index is 0.743. The largest absolute Gasteiger partial charge is 0.398 e. The zero-order valence-corrected chi connectivity index (χ0v) is 7.12. The van der Waals surface area contributed by atoms with Crippen molar-refractivity contribution in [3.8, 4) is 0 Å². The molecule has 3 heteroatoms. The highest BCUT2D eigenvalue weighted by atomic mass is 79.9. The highest BCUT2D eigenvalue weighted by Crippen LogP contribution is 2.21. The lowest BCUT2D eigenvalue weighted by Gasteiger charge is -1.96. The normalized spacial score (nSPS) is 9.56. The molecular formula is C6H6BrNS. The van der Waals surface area contributed by atoms with Crippen LogP contribution in [0.4, 0.5) is 5.69 Å². The van der Waals surface area contributed by atoms with Crippen molar-refractivity contribution in [3.05, 3.63) is 22.7 Å². The van der Waals surface area contributed by atoms with E-state index in [1.807, 2.05) is 18.2 Å². The Bertz CT molecular complexity index is 224.